The Kier molecular flexibility index (Phi) is 20.5. The highest BCUT2D eigenvalue weighted by molar-refractivity contribution is 8.18. The van der Waals surface area contributed by atoms with Crippen molar-refractivity contribution < 1.29 is 24.3 Å². The van der Waals surface area contributed by atoms with Crippen molar-refractivity contribution in [1.29, 1.82) is 0 Å². The zero-order valence-corrected chi connectivity index (χ0v) is 57.7. The van der Waals surface area contributed by atoms with E-state index >= 15 is 0 Å². The minimum atomic E-state index is -0.918. The molecule has 8 aliphatic heterocycles. The average Bonchev–Trinajstić information content (AvgIpc) is 1.58. The molecule has 0 spiro atoms. The van der Waals surface area contributed by atoms with Crippen LogP contribution in [0.15, 0.2) is 128 Å². The maximum absolute atomic E-state index is 14.6. The smallest absolute Gasteiger partial charge is 0.344 e. The number of carboxylic acid groups (broad SMARTS) is 1. The summed E-state index contributed by atoms with van der Waals surface area (Å²) in [5.74, 6) is -0.525. The standard InChI is InChI=1S/C34H41Cl2N5O2S.C22H20Cl2N2O2S.C12H23N3O/c1-20(2)28-29(32(43)40-21(3)7-16-27(40)31(42)39-18-17-38(6)22(4)19-39)44-33-37-34(5,24-10-14-26(36)15-11-24)30(41(28)33)23-8-12-25(35)13-9-23;1-12(2)17-18(20(27)28)29-21-25-22(3,14-6-10-16(24)11-7-14)19(26(17)21)13-4-8-15(23)9-5-13;1-9-4-5-11(13-9)12(16)15-7-6-14(3)10(2)8-15/h8-15,20-22,27,30H,7,16-19H2,1-6H3;4-12,19H,1-3H3,(H,27,28);9-11,13H,4-8H2,1-3H3/t21-,22+,27+,30-,34+;19-,22+;9-,10+,11+/m111/s1. The van der Waals surface area contributed by atoms with Gasteiger partial charge in [0.15, 0.2) is 10.3 Å². The molecule has 476 valence electrons. The first-order chi connectivity index (χ1) is 42.2. The third-order valence-corrected chi connectivity index (χ3v) is 22.3. The predicted octanol–water partition coefficient (Wildman–Crippen LogP) is 13.4. The Balaban J connectivity index is 0.000000165. The SMILES string of the molecule is CC(C)C1=C(C(=O)N2[C@H](C)CC[C@H]2C(=O)N2CCN(C)[C@@H](C)C2)SC2=N[C@@](C)(c3ccc(Cl)cc3)[C@@H](c3ccc(Cl)cc3)N21.CC(C)C1=C(C(=O)O)SC2=N[C@@](C)(c3ccc(Cl)cc3)[C@@H](c3ccc(Cl)cc3)N21.C[C@@H]1CC[C@@H](C(=O)N2CCN(C)[C@@H](C)C2)N1. The number of aliphatic carboxylic acids is 1. The second-order valence-electron chi connectivity index (χ2n) is 26.1. The lowest BCUT2D eigenvalue weighted by Gasteiger charge is -2.40. The summed E-state index contributed by atoms with van der Waals surface area (Å²) < 4.78 is 0. The molecule has 0 saturated carbocycles. The number of likely N-dealkylation sites (tertiary alicyclic amines) is 1. The van der Waals surface area contributed by atoms with Gasteiger partial charge in [0.2, 0.25) is 11.8 Å². The number of piperazine rings is 2. The minimum absolute atomic E-state index is 0.0216. The van der Waals surface area contributed by atoms with E-state index in [0.717, 1.165) is 84.3 Å². The fraction of sp³-hybridized carbons (Fsp3) is 0.500. The molecule has 4 aromatic rings. The molecule has 89 heavy (non-hydrogen) atoms. The van der Waals surface area contributed by atoms with E-state index in [9.17, 15) is 24.3 Å². The largest absolute Gasteiger partial charge is 0.477 e. The summed E-state index contributed by atoms with van der Waals surface area (Å²) in [4.78, 5) is 78.9. The molecule has 3 amide bonds. The van der Waals surface area contributed by atoms with Crippen LogP contribution in [-0.4, -0.2) is 163 Å². The van der Waals surface area contributed by atoms with Crippen molar-refractivity contribution in [1.82, 2.24) is 39.6 Å². The molecule has 2 N–H and O–H groups in total. The van der Waals surface area contributed by atoms with Crippen LogP contribution in [-0.2, 0) is 30.3 Å². The van der Waals surface area contributed by atoms with E-state index in [1.54, 1.807) is 0 Å². The van der Waals surface area contributed by atoms with Crippen LogP contribution in [0.4, 0.5) is 0 Å². The van der Waals surface area contributed by atoms with Crippen molar-refractivity contribution in [2.75, 3.05) is 53.4 Å². The molecular weight excluding hydrogens is 1240 g/mol. The van der Waals surface area contributed by atoms with Gasteiger partial charge in [0.05, 0.1) is 18.1 Å². The number of carbonyl (C=O) groups excluding carboxylic acids is 3. The monoisotopic (exact) mass is 1320 g/mol. The van der Waals surface area contributed by atoms with Crippen LogP contribution in [0.3, 0.4) is 0 Å². The molecule has 0 aliphatic carbocycles. The van der Waals surface area contributed by atoms with Crippen LogP contribution >= 0.6 is 69.9 Å². The molecule has 8 aliphatic rings. The topological polar surface area (TPSA) is 148 Å². The van der Waals surface area contributed by atoms with Crippen molar-refractivity contribution in [3.05, 3.63) is 161 Å². The summed E-state index contributed by atoms with van der Waals surface area (Å²) in [6.07, 6.45) is 3.63. The lowest BCUT2D eigenvalue weighted by Crippen LogP contribution is -2.57. The Labute approximate surface area is 554 Å². The van der Waals surface area contributed by atoms with Gasteiger partial charge in [0, 0.05) is 94.9 Å². The van der Waals surface area contributed by atoms with E-state index < -0.39 is 23.1 Å². The highest BCUT2D eigenvalue weighted by Gasteiger charge is 2.56. The van der Waals surface area contributed by atoms with Crippen LogP contribution in [0.5, 0.6) is 0 Å². The van der Waals surface area contributed by atoms with Crippen LogP contribution in [0.1, 0.15) is 129 Å². The first-order valence-corrected chi connectivity index (χ1v) is 34.3. The number of amides is 3. The van der Waals surface area contributed by atoms with Crippen molar-refractivity contribution in [2.24, 2.45) is 21.8 Å². The molecule has 15 nitrogen and oxygen atoms in total. The number of allylic oxidation sites excluding steroid dienone is 2. The number of nitrogens with zero attached hydrogens (tertiary/aromatic N) is 9. The molecule has 4 saturated heterocycles. The zero-order valence-electron chi connectivity index (χ0n) is 53.0. The number of carbonyl (C=O) groups is 4. The summed E-state index contributed by atoms with van der Waals surface area (Å²) in [6, 6.07) is 31.7. The fourth-order valence-corrected chi connectivity index (χ4v) is 17.0. The maximum Gasteiger partial charge on any atom is 0.344 e. The molecule has 0 bridgehead atoms. The summed E-state index contributed by atoms with van der Waals surface area (Å²) in [7, 11) is 4.23. The zero-order chi connectivity index (χ0) is 64.1. The summed E-state index contributed by atoms with van der Waals surface area (Å²) in [5.41, 5.74) is 4.65. The van der Waals surface area contributed by atoms with E-state index in [1.807, 2.05) is 113 Å². The van der Waals surface area contributed by atoms with Crippen LogP contribution < -0.4 is 5.32 Å². The third kappa shape index (κ3) is 13.5. The number of rotatable bonds is 10. The van der Waals surface area contributed by atoms with Gasteiger partial charge in [0.1, 0.15) is 26.9 Å². The number of carboxylic acids is 1. The Morgan fingerprint density at radius 2 is 0.955 bits per heavy atom. The van der Waals surface area contributed by atoms with Gasteiger partial charge in [0.25, 0.3) is 5.91 Å². The number of likely N-dealkylation sites (N-methyl/N-ethyl adjacent to an activating group) is 2. The van der Waals surface area contributed by atoms with Crippen molar-refractivity contribution in [3.63, 3.8) is 0 Å². The number of nitrogens with one attached hydrogen (secondary N) is 1. The minimum Gasteiger partial charge on any atom is -0.477 e. The van der Waals surface area contributed by atoms with Gasteiger partial charge in [-0.05, 0) is 187 Å². The lowest BCUT2D eigenvalue weighted by atomic mass is 9.81. The number of aliphatic imine (C=N–C) groups is 2. The first-order valence-electron chi connectivity index (χ1n) is 31.2. The Morgan fingerprint density at radius 3 is 1.35 bits per heavy atom. The second-order valence-corrected chi connectivity index (χ2v) is 29.8. The molecule has 12 rings (SSSR count). The molecule has 21 heteroatoms. The maximum atomic E-state index is 14.6. The van der Waals surface area contributed by atoms with E-state index in [0.29, 0.717) is 78.6 Å². The third-order valence-electron chi connectivity index (χ3n) is 19.1. The molecule has 0 radical (unpaired) electrons. The number of fused-ring (bicyclic) bond motifs is 2. The van der Waals surface area contributed by atoms with Gasteiger partial charge in [-0.25, -0.2) is 14.8 Å². The Bertz CT molecular complexity index is 3440. The molecule has 0 aromatic heterocycles. The molecule has 8 heterocycles. The summed E-state index contributed by atoms with van der Waals surface area (Å²) in [5, 5.41) is 17.3. The van der Waals surface area contributed by atoms with Gasteiger partial charge in [-0.15, -0.1) is 0 Å². The number of halogens is 4. The first kappa shape index (κ1) is 66.8. The highest BCUT2D eigenvalue weighted by Crippen LogP contribution is 2.58. The second kappa shape index (κ2) is 27.2. The van der Waals surface area contributed by atoms with E-state index in [2.05, 4.69) is 107 Å². The Hall–Kier alpha value is -5.08. The van der Waals surface area contributed by atoms with Gasteiger partial charge in [-0.1, -0.05) is 123 Å². The summed E-state index contributed by atoms with van der Waals surface area (Å²) in [6.45, 7) is 26.0. The number of hydrogen-bond acceptors (Lipinski definition) is 13. The van der Waals surface area contributed by atoms with Gasteiger partial charge >= 0.3 is 5.97 Å². The molecule has 4 aromatic carbocycles. The van der Waals surface area contributed by atoms with Gasteiger partial charge in [-0.2, -0.15) is 0 Å². The quantitative estimate of drug-likeness (QED) is 0.156. The van der Waals surface area contributed by atoms with E-state index in [1.165, 1.54) is 23.5 Å². The Morgan fingerprint density at radius 1 is 0.551 bits per heavy atom. The molecule has 0 unspecified atom stereocenters. The lowest BCUT2D eigenvalue weighted by molar-refractivity contribution is -0.144. The predicted molar refractivity (Wildman–Crippen MR) is 363 cm³/mol. The van der Waals surface area contributed by atoms with Crippen LogP contribution in [0.25, 0.3) is 0 Å². The normalized spacial score (nSPS) is 28.7. The molecule has 10 atom stereocenters. The van der Waals surface area contributed by atoms with Gasteiger partial charge < -0.3 is 44.7 Å². The van der Waals surface area contributed by atoms with Gasteiger partial charge in [-0.3, -0.25) is 14.4 Å². The molecule has 4 fully saturated rings. The number of thioether (sulfide) groups is 2. The van der Waals surface area contributed by atoms with Crippen molar-refractivity contribution in [3.8, 4) is 0 Å². The number of benzene rings is 4. The van der Waals surface area contributed by atoms with E-state index in [4.69, 9.17) is 56.4 Å². The fourth-order valence-electron chi connectivity index (χ4n) is 13.9. The van der Waals surface area contributed by atoms with Crippen molar-refractivity contribution in [2.45, 2.75) is 154 Å². The average molecular weight is 1330 g/mol. The highest BCUT2D eigenvalue weighted by atomic mass is 35.5. The number of amidine groups is 2. The number of hydrogen-bond donors (Lipinski definition) is 2. The van der Waals surface area contributed by atoms with E-state index in [-0.39, 0.29) is 47.8 Å². The molecular formula is C68H84Cl4N10O5S2. The van der Waals surface area contributed by atoms with Crippen LogP contribution in [0, 0.1) is 11.8 Å². The van der Waals surface area contributed by atoms with Crippen molar-refractivity contribution >= 4 is 104 Å². The van der Waals surface area contributed by atoms with Crippen LogP contribution in [0.2, 0.25) is 20.1 Å². The summed E-state index contributed by atoms with van der Waals surface area (Å²) >= 11 is 27.5.